The second kappa shape index (κ2) is 8.60. The van der Waals surface area contributed by atoms with Gasteiger partial charge in [0.15, 0.2) is 0 Å². The number of halogens is 2. The van der Waals surface area contributed by atoms with E-state index in [1.807, 2.05) is 0 Å². The van der Waals surface area contributed by atoms with Crippen molar-refractivity contribution in [3.05, 3.63) is 52.0 Å². The van der Waals surface area contributed by atoms with Crippen LogP contribution < -0.4 is 14.8 Å². The molecule has 2 N–H and O–H groups in total. The number of nitrogens with one attached hydrogen (secondary N) is 1. The van der Waals surface area contributed by atoms with E-state index in [-0.39, 0.29) is 41.0 Å². The highest BCUT2D eigenvalue weighted by Gasteiger charge is 2.16. The van der Waals surface area contributed by atoms with Gasteiger partial charge in [0.1, 0.15) is 17.1 Å². The number of carboxylic acids is 1. The highest BCUT2D eigenvalue weighted by molar-refractivity contribution is 6.34. The lowest BCUT2D eigenvalue weighted by molar-refractivity contribution is -0.116. The molecule has 0 aliphatic heterocycles. The second-order valence-corrected chi connectivity index (χ2v) is 5.78. The summed E-state index contributed by atoms with van der Waals surface area (Å²) in [6.07, 6.45) is 0.0853. The molecule has 0 aromatic heterocycles. The fourth-order valence-electron chi connectivity index (χ4n) is 1.99. The molecular weight excluding hydrogens is 369 g/mol. The second-order valence-electron chi connectivity index (χ2n) is 4.94. The summed E-state index contributed by atoms with van der Waals surface area (Å²) in [6, 6.07) is 9.37. The largest absolute Gasteiger partial charge is 0.496 e. The smallest absolute Gasteiger partial charge is 0.339 e. The average Bonchev–Trinajstić information content (AvgIpc) is 2.58. The van der Waals surface area contributed by atoms with E-state index in [1.54, 1.807) is 24.3 Å². The van der Waals surface area contributed by atoms with Crippen LogP contribution in [0.2, 0.25) is 10.0 Å². The van der Waals surface area contributed by atoms with Crippen LogP contribution in [0.3, 0.4) is 0 Å². The molecule has 0 saturated carbocycles. The van der Waals surface area contributed by atoms with Gasteiger partial charge in [-0.2, -0.15) is 0 Å². The summed E-state index contributed by atoms with van der Waals surface area (Å²) < 4.78 is 10.4. The lowest BCUT2D eigenvalue weighted by Gasteiger charge is -2.12. The Bertz CT molecular complexity index is 777. The van der Waals surface area contributed by atoms with Gasteiger partial charge in [-0.05, 0) is 30.3 Å². The van der Waals surface area contributed by atoms with E-state index in [4.69, 9.17) is 37.8 Å². The van der Waals surface area contributed by atoms with Crippen molar-refractivity contribution in [1.82, 2.24) is 0 Å². The number of methoxy groups -OCH3 is 1. The van der Waals surface area contributed by atoms with Crippen molar-refractivity contribution in [1.29, 1.82) is 0 Å². The first-order valence-corrected chi connectivity index (χ1v) is 7.95. The van der Waals surface area contributed by atoms with Crippen molar-refractivity contribution in [3.8, 4) is 11.5 Å². The topological polar surface area (TPSA) is 84.9 Å². The van der Waals surface area contributed by atoms with Gasteiger partial charge < -0.3 is 19.9 Å². The summed E-state index contributed by atoms with van der Waals surface area (Å²) in [4.78, 5) is 23.1. The number of hydrogen-bond acceptors (Lipinski definition) is 4. The standard InChI is InChI=1S/C17H15Cl2NO5/c1-24-15-9-14(13(19)8-12(15)17(22)23)20-16(21)6-7-25-11-4-2-10(18)3-5-11/h2-5,8-9H,6-7H2,1H3,(H,20,21)(H,22,23). The molecule has 0 aliphatic carbocycles. The molecule has 0 saturated heterocycles. The van der Waals surface area contributed by atoms with Crippen LogP contribution in [0, 0.1) is 0 Å². The molecular formula is C17H15Cl2NO5. The number of aromatic carboxylic acids is 1. The molecule has 0 spiro atoms. The van der Waals surface area contributed by atoms with Gasteiger partial charge in [-0.3, -0.25) is 4.79 Å². The Kier molecular flexibility index (Phi) is 6.50. The first-order valence-electron chi connectivity index (χ1n) is 7.19. The van der Waals surface area contributed by atoms with Crippen molar-refractivity contribution < 1.29 is 24.2 Å². The molecule has 2 aromatic rings. The summed E-state index contributed by atoms with van der Waals surface area (Å²) in [7, 11) is 1.33. The van der Waals surface area contributed by atoms with Crippen LogP contribution >= 0.6 is 23.2 Å². The Morgan fingerprint density at radius 1 is 1.16 bits per heavy atom. The van der Waals surface area contributed by atoms with E-state index in [1.165, 1.54) is 19.2 Å². The summed E-state index contributed by atoms with van der Waals surface area (Å²) >= 11 is 11.8. The minimum Gasteiger partial charge on any atom is -0.496 e. The number of carbonyl (C=O) groups excluding carboxylic acids is 1. The Morgan fingerprint density at radius 2 is 1.84 bits per heavy atom. The van der Waals surface area contributed by atoms with Crippen molar-refractivity contribution in [2.75, 3.05) is 19.0 Å². The highest BCUT2D eigenvalue weighted by Crippen LogP contribution is 2.31. The summed E-state index contributed by atoms with van der Waals surface area (Å²) in [5.74, 6) is -0.804. The zero-order valence-electron chi connectivity index (χ0n) is 13.2. The number of hydrogen-bond donors (Lipinski definition) is 2. The first-order chi connectivity index (χ1) is 11.9. The molecule has 2 aromatic carbocycles. The predicted octanol–water partition coefficient (Wildman–Crippen LogP) is 4.11. The SMILES string of the molecule is COc1cc(NC(=O)CCOc2ccc(Cl)cc2)c(Cl)cc1C(=O)O. The number of ether oxygens (including phenoxy) is 2. The minimum atomic E-state index is -1.17. The highest BCUT2D eigenvalue weighted by atomic mass is 35.5. The lowest BCUT2D eigenvalue weighted by Crippen LogP contribution is -2.16. The number of carbonyl (C=O) groups is 2. The van der Waals surface area contributed by atoms with E-state index >= 15 is 0 Å². The first kappa shape index (κ1) is 18.9. The summed E-state index contributed by atoms with van der Waals surface area (Å²) in [5.41, 5.74) is 0.177. The van der Waals surface area contributed by atoms with Crippen LogP contribution in [-0.4, -0.2) is 30.7 Å². The Labute approximate surface area is 154 Å². The normalized spacial score (nSPS) is 10.2. The Morgan fingerprint density at radius 3 is 2.44 bits per heavy atom. The van der Waals surface area contributed by atoms with Crippen LogP contribution in [-0.2, 0) is 4.79 Å². The number of carboxylic acid groups (broad SMARTS) is 1. The van der Waals surface area contributed by atoms with E-state index in [2.05, 4.69) is 5.32 Å². The molecule has 0 aliphatic rings. The van der Waals surface area contributed by atoms with E-state index in [0.717, 1.165) is 0 Å². The number of amides is 1. The monoisotopic (exact) mass is 383 g/mol. The summed E-state index contributed by atoms with van der Waals surface area (Å²) in [6.45, 7) is 0.162. The number of benzene rings is 2. The molecule has 132 valence electrons. The van der Waals surface area contributed by atoms with Crippen molar-refractivity contribution in [2.45, 2.75) is 6.42 Å². The summed E-state index contributed by atoms with van der Waals surface area (Å²) in [5, 5.41) is 12.4. The molecule has 0 heterocycles. The quantitative estimate of drug-likeness (QED) is 0.751. The molecule has 6 nitrogen and oxygen atoms in total. The van der Waals surface area contributed by atoms with Crippen LogP contribution in [0.25, 0.3) is 0 Å². The molecule has 2 rings (SSSR count). The predicted molar refractivity (Wildman–Crippen MR) is 95.2 cm³/mol. The van der Waals surface area contributed by atoms with Crippen LogP contribution in [0.5, 0.6) is 11.5 Å². The molecule has 0 unspecified atom stereocenters. The molecule has 0 fully saturated rings. The van der Waals surface area contributed by atoms with Crippen molar-refractivity contribution >= 4 is 40.8 Å². The third kappa shape index (κ3) is 5.27. The molecule has 8 heteroatoms. The van der Waals surface area contributed by atoms with Gasteiger partial charge in [0.05, 0.1) is 30.8 Å². The molecule has 1 amide bonds. The maximum Gasteiger partial charge on any atom is 0.339 e. The van der Waals surface area contributed by atoms with Crippen LogP contribution in [0.15, 0.2) is 36.4 Å². The number of rotatable bonds is 7. The Balaban J connectivity index is 1.95. The van der Waals surface area contributed by atoms with Crippen LogP contribution in [0.4, 0.5) is 5.69 Å². The molecule has 0 atom stereocenters. The van der Waals surface area contributed by atoms with Crippen molar-refractivity contribution in [2.24, 2.45) is 0 Å². The van der Waals surface area contributed by atoms with E-state index in [9.17, 15) is 9.59 Å². The van der Waals surface area contributed by atoms with E-state index in [0.29, 0.717) is 10.8 Å². The maximum absolute atomic E-state index is 12.0. The zero-order chi connectivity index (χ0) is 18.4. The van der Waals surface area contributed by atoms with E-state index < -0.39 is 5.97 Å². The fraction of sp³-hybridized carbons (Fsp3) is 0.176. The molecule has 0 radical (unpaired) electrons. The van der Waals surface area contributed by atoms with Gasteiger partial charge in [0, 0.05) is 11.1 Å². The zero-order valence-corrected chi connectivity index (χ0v) is 14.7. The van der Waals surface area contributed by atoms with Crippen LogP contribution in [0.1, 0.15) is 16.8 Å². The van der Waals surface area contributed by atoms with Gasteiger partial charge in [-0.1, -0.05) is 23.2 Å². The van der Waals surface area contributed by atoms with Crippen molar-refractivity contribution in [3.63, 3.8) is 0 Å². The average molecular weight is 384 g/mol. The Hall–Kier alpha value is -2.44. The van der Waals surface area contributed by atoms with Gasteiger partial charge in [-0.15, -0.1) is 0 Å². The maximum atomic E-state index is 12.0. The fourth-order valence-corrected chi connectivity index (χ4v) is 2.33. The minimum absolute atomic E-state index is 0.0853. The third-order valence-corrected chi connectivity index (χ3v) is 3.77. The molecule has 25 heavy (non-hydrogen) atoms. The van der Waals surface area contributed by atoms with Gasteiger partial charge >= 0.3 is 5.97 Å². The lowest BCUT2D eigenvalue weighted by atomic mass is 10.1. The van der Waals surface area contributed by atoms with Gasteiger partial charge in [0.2, 0.25) is 5.91 Å². The van der Waals surface area contributed by atoms with Gasteiger partial charge in [-0.25, -0.2) is 4.79 Å². The van der Waals surface area contributed by atoms with Gasteiger partial charge in [0.25, 0.3) is 0 Å². The number of anilines is 1. The molecule has 0 bridgehead atoms. The third-order valence-electron chi connectivity index (χ3n) is 3.21.